The van der Waals surface area contributed by atoms with Gasteiger partial charge in [-0.1, -0.05) is 0 Å². The van der Waals surface area contributed by atoms with E-state index in [1.165, 1.54) is 6.20 Å². The van der Waals surface area contributed by atoms with Crippen LogP contribution >= 0.6 is 0 Å². The first-order valence-electron chi connectivity index (χ1n) is 8.61. The minimum Gasteiger partial charge on any atom is -0.438 e. The lowest BCUT2D eigenvalue weighted by atomic mass is 10.3. The van der Waals surface area contributed by atoms with Crippen LogP contribution in [-0.2, 0) is 0 Å². The van der Waals surface area contributed by atoms with Crippen molar-refractivity contribution in [3.63, 3.8) is 0 Å². The molecule has 8 heteroatoms. The van der Waals surface area contributed by atoms with Crippen LogP contribution in [0.4, 0.5) is 16.2 Å². The lowest BCUT2D eigenvalue weighted by molar-refractivity contribution is 0.262. The summed E-state index contributed by atoms with van der Waals surface area (Å²) >= 11 is 0. The van der Waals surface area contributed by atoms with Gasteiger partial charge in [0, 0.05) is 24.1 Å². The van der Waals surface area contributed by atoms with Gasteiger partial charge in [-0.2, -0.15) is 5.10 Å². The van der Waals surface area contributed by atoms with Gasteiger partial charge in [0.15, 0.2) is 0 Å². The van der Waals surface area contributed by atoms with Crippen molar-refractivity contribution in [1.82, 2.24) is 19.7 Å². The maximum atomic E-state index is 12.3. The minimum absolute atomic E-state index is 0.226. The lowest BCUT2D eigenvalue weighted by Gasteiger charge is -2.10. The molecule has 3 aromatic rings. The maximum Gasteiger partial charge on any atom is 0.323 e. The molecule has 2 aromatic heterocycles. The Bertz CT molecular complexity index is 919. The van der Waals surface area contributed by atoms with E-state index >= 15 is 0 Å². The minimum atomic E-state index is -0.327. The summed E-state index contributed by atoms with van der Waals surface area (Å²) in [4.78, 5) is 20.3. The molecule has 0 saturated heterocycles. The van der Waals surface area contributed by atoms with Gasteiger partial charge in [-0.3, -0.25) is 9.67 Å². The molecular formula is C19H22N6O2. The van der Waals surface area contributed by atoms with Crippen LogP contribution in [0.1, 0.15) is 31.3 Å². The third-order valence-electron chi connectivity index (χ3n) is 3.93. The number of aromatic nitrogens is 4. The molecule has 8 nitrogen and oxygen atoms in total. The molecule has 0 aliphatic heterocycles. The van der Waals surface area contributed by atoms with Crippen molar-refractivity contribution in [3.05, 3.63) is 54.2 Å². The van der Waals surface area contributed by atoms with Crippen LogP contribution in [0.15, 0.2) is 42.9 Å². The first-order chi connectivity index (χ1) is 12.9. The van der Waals surface area contributed by atoms with E-state index < -0.39 is 0 Å². The molecule has 2 N–H and O–H groups in total. The molecule has 0 aliphatic carbocycles. The average Bonchev–Trinajstić information content (AvgIpc) is 2.93. The predicted molar refractivity (Wildman–Crippen MR) is 103 cm³/mol. The van der Waals surface area contributed by atoms with Crippen LogP contribution in [0.5, 0.6) is 11.6 Å². The number of carbonyl (C=O) groups is 1. The fourth-order valence-corrected chi connectivity index (χ4v) is 2.69. The lowest BCUT2D eigenvalue weighted by Crippen LogP contribution is -2.20. The molecule has 2 amide bonds. The van der Waals surface area contributed by atoms with E-state index in [0.29, 0.717) is 17.3 Å². The summed E-state index contributed by atoms with van der Waals surface area (Å²) in [5.41, 5.74) is 3.07. The number of benzene rings is 1. The molecule has 0 atom stereocenters. The van der Waals surface area contributed by atoms with Crippen LogP contribution in [0.2, 0.25) is 0 Å². The number of anilines is 2. The van der Waals surface area contributed by atoms with Crippen molar-refractivity contribution >= 4 is 17.4 Å². The highest BCUT2D eigenvalue weighted by Gasteiger charge is 2.15. The number of amides is 2. The van der Waals surface area contributed by atoms with Gasteiger partial charge < -0.3 is 15.4 Å². The Morgan fingerprint density at radius 3 is 2.44 bits per heavy atom. The summed E-state index contributed by atoms with van der Waals surface area (Å²) in [6, 6.07) is 6.90. The number of nitrogens with one attached hydrogen (secondary N) is 2. The fourth-order valence-electron chi connectivity index (χ4n) is 2.69. The molecule has 2 heterocycles. The number of rotatable bonds is 5. The highest BCUT2D eigenvalue weighted by atomic mass is 16.5. The number of ether oxygens (including phenoxy) is 1. The van der Waals surface area contributed by atoms with Crippen LogP contribution in [0, 0.1) is 13.8 Å². The van der Waals surface area contributed by atoms with Crippen LogP contribution < -0.4 is 15.4 Å². The smallest absolute Gasteiger partial charge is 0.323 e. The zero-order valence-electron chi connectivity index (χ0n) is 15.7. The second-order valence-electron chi connectivity index (χ2n) is 6.33. The van der Waals surface area contributed by atoms with E-state index in [2.05, 4.69) is 25.7 Å². The predicted octanol–water partition coefficient (Wildman–Crippen LogP) is 4.31. The molecule has 0 saturated carbocycles. The Hall–Kier alpha value is -3.42. The summed E-state index contributed by atoms with van der Waals surface area (Å²) < 4.78 is 7.47. The molecule has 0 radical (unpaired) electrons. The van der Waals surface area contributed by atoms with Crippen molar-refractivity contribution in [2.45, 2.75) is 33.7 Å². The van der Waals surface area contributed by atoms with Crippen LogP contribution in [0.3, 0.4) is 0 Å². The van der Waals surface area contributed by atoms with Gasteiger partial charge in [-0.15, -0.1) is 0 Å². The summed E-state index contributed by atoms with van der Waals surface area (Å²) in [6.07, 6.45) is 4.66. The van der Waals surface area contributed by atoms with Crippen molar-refractivity contribution in [1.29, 1.82) is 0 Å². The standard InChI is InChI=1S/C19H22N6O2/c1-12(2)25-14(4)18(13(3)24-25)23-19(26)22-15-5-7-16(8-6-15)27-17-11-20-9-10-21-17/h5-12H,1-4H3,(H2,22,23,26). The third kappa shape index (κ3) is 4.41. The number of aryl methyl sites for hydroxylation is 1. The van der Waals surface area contributed by atoms with E-state index in [1.54, 1.807) is 36.7 Å². The highest BCUT2D eigenvalue weighted by Crippen LogP contribution is 2.23. The van der Waals surface area contributed by atoms with Gasteiger partial charge in [-0.25, -0.2) is 9.78 Å². The number of urea groups is 1. The normalized spacial score (nSPS) is 10.7. The SMILES string of the molecule is Cc1nn(C(C)C)c(C)c1NC(=O)Nc1ccc(Oc2cnccn2)cc1. The van der Waals surface area contributed by atoms with E-state index in [9.17, 15) is 4.79 Å². The van der Waals surface area contributed by atoms with E-state index in [4.69, 9.17) is 4.74 Å². The first-order valence-corrected chi connectivity index (χ1v) is 8.61. The maximum absolute atomic E-state index is 12.3. The molecule has 0 bridgehead atoms. The monoisotopic (exact) mass is 366 g/mol. The van der Waals surface area contributed by atoms with Gasteiger partial charge in [-0.05, 0) is 52.0 Å². The van der Waals surface area contributed by atoms with E-state index in [1.807, 2.05) is 32.4 Å². The first kappa shape index (κ1) is 18.4. The zero-order chi connectivity index (χ0) is 19.4. The Morgan fingerprint density at radius 1 is 1.11 bits per heavy atom. The highest BCUT2D eigenvalue weighted by molar-refractivity contribution is 6.00. The molecule has 27 heavy (non-hydrogen) atoms. The number of hydrogen-bond acceptors (Lipinski definition) is 5. The van der Waals surface area contributed by atoms with E-state index in [-0.39, 0.29) is 12.1 Å². The van der Waals surface area contributed by atoms with Gasteiger partial charge in [0.05, 0.1) is 23.3 Å². The molecule has 0 spiro atoms. The van der Waals surface area contributed by atoms with Gasteiger partial charge in [0.1, 0.15) is 5.75 Å². The van der Waals surface area contributed by atoms with Gasteiger partial charge >= 0.3 is 6.03 Å². The van der Waals surface area contributed by atoms with Crippen molar-refractivity contribution in [2.75, 3.05) is 10.6 Å². The quantitative estimate of drug-likeness (QED) is 0.702. The molecule has 0 aliphatic rings. The average molecular weight is 366 g/mol. The van der Waals surface area contributed by atoms with Gasteiger partial charge in [0.2, 0.25) is 5.88 Å². The Morgan fingerprint density at radius 2 is 1.85 bits per heavy atom. The molecule has 0 fully saturated rings. The summed E-state index contributed by atoms with van der Waals surface area (Å²) in [5.74, 6) is 1.01. The largest absolute Gasteiger partial charge is 0.438 e. The van der Waals surface area contributed by atoms with Crippen LogP contribution in [-0.4, -0.2) is 25.8 Å². The number of hydrogen-bond donors (Lipinski definition) is 2. The summed E-state index contributed by atoms with van der Waals surface area (Å²) in [6.45, 7) is 7.91. The molecular weight excluding hydrogens is 344 g/mol. The zero-order valence-corrected chi connectivity index (χ0v) is 15.7. The van der Waals surface area contributed by atoms with Crippen molar-refractivity contribution < 1.29 is 9.53 Å². The second kappa shape index (κ2) is 7.86. The van der Waals surface area contributed by atoms with Gasteiger partial charge in [0.25, 0.3) is 0 Å². The molecule has 0 unspecified atom stereocenters. The third-order valence-corrected chi connectivity index (χ3v) is 3.93. The molecule has 140 valence electrons. The molecule has 1 aromatic carbocycles. The Balaban J connectivity index is 1.63. The van der Waals surface area contributed by atoms with Crippen LogP contribution in [0.25, 0.3) is 0 Å². The summed E-state index contributed by atoms with van der Waals surface area (Å²) in [5, 5.41) is 10.1. The van der Waals surface area contributed by atoms with Crippen molar-refractivity contribution in [2.24, 2.45) is 0 Å². The fraction of sp³-hybridized carbons (Fsp3) is 0.263. The van der Waals surface area contributed by atoms with E-state index in [0.717, 1.165) is 17.1 Å². The topological polar surface area (TPSA) is 94.0 Å². The summed E-state index contributed by atoms with van der Waals surface area (Å²) in [7, 11) is 0. The Kier molecular flexibility index (Phi) is 5.35. The molecule has 3 rings (SSSR count). The second-order valence-corrected chi connectivity index (χ2v) is 6.33. The Labute approximate surface area is 157 Å². The number of nitrogens with zero attached hydrogens (tertiary/aromatic N) is 4. The van der Waals surface area contributed by atoms with Crippen molar-refractivity contribution in [3.8, 4) is 11.6 Å². The number of carbonyl (C=O) groups excluding carboxylic acids is 1.